The number of fused-ring (bicyclic) bond motifs is 1. The molecule has 1 aliphatic carbocycles. The highest BCUT2D eigenvalue weighted by atomic mass is 14.9. The van der Waals surface area contributed by atoms with Gasteiger partial charge in [0.1, 0.15) is 0 Å². The molecule has 1 atom stereocenters. The minimum Gasteiger partial charge on any atom is -0.385 e. The summed E-state index contributed by atoms with van der Waals surface area (Å²) in [7, 11) is 0. The summed E-state index contributed by atoms with van der Waals surface area (Å²) in [5.41, 5.74) is 2.96. The smallest absolute Gasteiger partial charge is 0.0331 e. The molecule has 0 unspecified atom stereocenters. The summed E-state index contributed by atoms with van der Waals surface area (Å²) in [5, 5.41) is 3.44. The molecule has 11 heavy (non-hydrogen) atoms. The number of nitrogens with one attached hydrogen (secondary N) is 1. The molecule has 2 aliphatic rings. The van der Waals surface area contributed by atoms with Crippen LogP contribution in [0.3, 0.4) is 0 Å². The lowest BCUT2D eigenvalue weighted by Gasteiger charge is -2.25. The molecule has 1 fully saturated rings. The van der Waals surface area contributed by atoms with Gasteiger partial charge in [0.2, 0.25) is 0 Å². The number of rotatable bonds is 0. The molecule has 1 saturated heterocycles. The van der Waals surface area contributed by atoms with Crippen LogP contribution in [0.1, 0.15) is 26.2 Å². The van der Waals surface area contributed by atoms with E-state index in [4.69, 9.17) is 0 Å². The van der Waals surface area contributed by atoms with Crippen molar-refractivity contribution in [3.63, 3.8) is 0 Å². The molecule has 0 aromatic carbocycles. The summed E-state index contributed by atoms with van der Waals surface area (Å²) >= 11 is 0. The summed E-state index contributed by atoms with van der Waals surface area (Å²) in [6, 6.07) is 0. The maximum absolute atomic E-state index is 3.44. The van der Waals surface area contributed by atoms with E-state index in [1.54, 1.807) is 5.57 Å². The highest BCUT2D eigenvalue weighted by molar-refractivity contribution is 5.34. The van der Waals surface area contributed by atoms with E-state index in [2.05, 4.69) is 24.4 Å². The molecule has 1 heterocycles. The van der Waals surface area contributed by atoms with Crippen molar-refractivity contribution in [3.8, 4) is 0 Å². The molecule has 1 nitrogen and oxygen atoms in total. The molecule has 1 N–H and O–H groups in total. The van der Waals surface area contributed by atoms with Crippen molar-refractivity contribution in [1.82, 2.24) is 5.32 Å². The number of hydrogen-bond donors (Lipinski definition) is 1. The van der Waals surface area contributed by atoms with Crippen LogP contribution in [-0.4, -0.2) is 6.54 Å². The van der Waals surface area contributed by atoms with E-state index in [0.29, 0.717) is 0 Å². The second-order valence-corrected chi connectivity index (χ2v) is 3.55. The molecule has 1 aliphatic heterocycles. The van der Waals surface area contributed by atoms with Gasteiger partial charge in [0.05, 0.1) is 0 Å². The summed E-state index contributed by atoms with van der Waals surface area (Å²) in [4.78, 5) is 0. The summed E-state index contributed by atoms with van der Waals surface area (Å²) in [5.74, 6) is 0.736. The zero-order chi connectivity index (χ0) is 7.68. The van der Waals surface area contributed by atoms with Crippen molar-refractivity contribution in [2.24, 2.45) is 5.92 Å². The zero-order valence-corrected chi connectivity index (χ0v) is 7.06. The SMILES string of the molecule is C[C@@H]1C=C2NCCCC2=CC1. The first kappa shape index (κ1) is 6.96. The van der Waals surface area contributed by atoms with Crippen LogP contribution in [0.2, 0.25) is 0 Å². The average molecular weight is 149 g/mol. The average Bonchev–Trinajstić information content (AvgIpc) is 2.04. The van der Waals surface area contributed by atoms with Crippen LogP contribution in [0.4, 0.5) is 0 Å². The quantitative estimate of drug-likeness (QED) is 0.557. The molecule has 0 bridgehead atoms. The highest BCUT2D eigenvalue weighted by Gasteiger charge is 2.15. The Hall–Kier alpha value is -0.720. The van der Waals surface area contributed by atoms with Gasteiger partial charge in [-0.1, -0.05) is 19.1 Å². The van der Waals surface area contributed by atoms with E-state index in [-0.39, 0.29) is 0 Å². The third-order valence-electron chi connectivity index (χ3n) is 2.47. The standard InChI is InChI=1S/C10H15N/c1-8-4-5-9-3-2-6-11-10(9)7-8/h5,7-8,11H,2-4,6H2,1H3/t8-/m0/s1. The Morgan fingerprint density at radius 1 is 1.55 bits per heavy atom. The van der Waals surface area contributed by atoms with E-state index in [0.717, 1.165) is 12.5 Å². The Balaban J connectivity index is 2.19. The Morgan fingerprint density at radius 2 is 2.45 bits per heavy atom. The largest absolute Gasteiger partial charge is 0.385 e. The van der Waals surface area contributed by atoms with Gasteiger partial charge in [0.15, 0.2) is 0 Å². The summed E-state index contributed by atoms with van der Waals surface area (Å²) < 4.78 is 0. The Kier molecular flexibility index (Phi) is 1.72. The lowest BCUT2D eigenvalue weighted by atomic mass is 9.91. The first-order valence-electron chi connectivity index (χ1n) is 4.51. The minimum atomic E-state index is 0.736. The molecule has 60 valence electrons. The van der Waals surface area contributed by atoms with Crippen molar-refractivity contribution in [2.45, 2.75) is 26.2 Å². The van der Waals surface area contributed by atoms with Gasteiger partial charge in [-0.05, 0) is 30.8 Å². The monoisotopic (exact) mass is 149 g/mol. The van der Waals surface area contributed by atoms with Gasteiger partial charge < -0.3 is 5.32 Å². The highest BCUT2D eigenvalue weighted by Crippen LogP contribution is 2.26. The van der Waals surface area contributed by atoms with Crippen LogP contribution in [0.25, 0.3) is 0 Å². The van der Waals surface area contributed by atoms with Crippen molar-refractivity contribution >= 4 is 0 Å². The Morgan fingerprint density at radius 3 is 3.36 bits per heavy atom. The third kappa shape index (κ3) is 1.32. The van der Waals surface area contributed by atoms with Gasteiger partial charge in [0.25, 0.3) is 0 Å². The van der Waals surface area contributed by atoms with Gasteiger partial charge in [-0.25, -0.2) is 0 Å². The van der Waals surface area contributed by atoms with Gasteiger partial charge in [-0.15, -0.1) is 0 Å². The van der Waals surface area contributed by atoms with Crippen molar-refractivity contribution in [3.05, 3.63) is 23.4 Å². The van der Waals surface area contributed by atoms with Crippen LogP contribution in [0.5, 0.6) is 0 Å². The predicted molar refractivity (Wildman–Crippen MR) is 47.2 cm³/mol. The van der Waals surface area contributed by atoms with Crippen LogP contribution >= 0.6 is 0 Å². The molecule has 1 heteroatoms. The Labute approximate surface area is 68.2 Å². The molecule has 0 amide bonds. The molecule has 0 aromatic heterocycles. The molecular formula is C10H15N. The van der Waals surface area contributed by atoms with E-state index in [1.165, 1.54) is 25.0 Å². The van der Waals surface area contributed by atoms with E-state index in [9.17, 15) is 0 Å². The fraction of sp³-hybridized carbons (Fsp3) is 0.600. The maximum atomic E-state index is 3.44. The van der Waals surface area contributed by atoms with E-state index < -0.39 is 0 Å². The van der Waals surface area contributed by atoms with Crippen molar-refractivity contribution < 1.29 is 0 Å². The zero-order valence-electron chi connectivity index (χ0n) is 7.06. The van der Waals surface area contributed by atoms with Crippen molar-refractivity contribution in [1.29, 1.82) is 0 Å². The number of hydrogen-bond acceptors (Lipinski definition) is 1. The maximum Gasteiger partial charge on any atom is 0.0331 e. The topological polar surface area (TPSA) is 12.0 Å². The van der Waals surface area contributed by atoms with Gasteiger partial charge in [-0.2, -0.15) is 0 Å². The lowest BCUT2D eigenvalue weighted by Crippen LogP contribution is -2.24. The van der Waals surface area contributed by atoms with Gasteiger partial charge >= 0.3 is 0 Å². The molecule has 2 rings (SSSR count). The molecule has 0 aromatic rings. The molecule has 0 saturated carbocycles. The molecule has 0 radical (unpaired) electrons. The fourth-order valence-electron chi connectivity index (χ4n) is 1.81. The Bertz CT molecular complexity index is 213. The third-order valence-corrected chi connectivity index (χ3v) is 2.47. The van der Waals surface area contributed by atoms with Gasteiger partial charge in [-0.3, -0.25) is 0 Å². The van der Waals surface area contributed by atoms with Crippen molar-refractivity contribution in [2.75, 3.05) is 6.54 Å². The first-order chi connectivity index (χ1) is 5.36. The fourth-order valence-corrected chi connectivity index (χ4v) is 1.81. The first-order valence-corrected chi connectivity index (χ1v) is 4.51. The minimum absolute atomic E-state index is 0.736. The van der Waals surface area contributed by atoms with E-state index in [1.807, 2.05) is 0 Å². The van der Waals surface area contributed by atoms with Crippen LogP contribution in [-0.2, 0) is 0 Å². The summed E-state index contributed by atoms with van der Waals surface area (Å²) in [6.07, 6.45) is 8.59. The van der Waals surface area contributed by atoms with Gasteiger partial charge in [0, 0.05) is 12.2 Å². The lowest BCUT2D eigenvalue weighted by molar-refractivity contribution is 0.621. The molecule has 0 spiro atoms. The number of piperidine rings is 1. The van der Waals surface area contributed by atoms with Crippen LogP contribution < -0.4 is 5.32 Å². The number of allylic oxidation sites excluding steroid dienone is 3. The van der Waals surface area contributed by atoms with E-state index >= 15 is 0 Å². The second kappa shape index (κ2) is 2.72. The molecular weight excluding hydrogens is 134 g/mol. The summed E-state index contributed by atoms with van der Waals surface area (Å²) in [6.45, 7) is 3.44. The predicted octanol–water partition coefficient (Wildman–Crippen LogP) is 2.22. The normalized spacial score (nSPS) is 29.7. The van der Waals surface area contributed by atoms with Crippen LogP contribution in [0.15, 0.2) is 23.4 Å². The van der Waals surface area contributed by atoms with Crippen LogP contribution in [0, 0.1) is 5.92 Å². The second-order valence-electron chi connectivity index (χ2n) is 3.55.